The fraction of sp³-hybridized carbons (Fsp3) is 0.833. The first-order valence-electron chi connectivity index (χ1n) is 6.68. The highest BCUT2D eigenvalue weighted by Crippen LogP contribution is 2.28. The highest BCUT2D eigenvalue weighted by Gasteiger charge is 2.28. The molecule has 100 valence electrons. The number of nitrogens with zero attached hydrogens (tertiary/aromatic N) is 3. The molecule has 0 aliphatic carbocycles. The Kier molecular flexibility index (Phi) is 4.49. The van der Waals surface area contributed by atoms with Gasteiger partial charge in [-0.1, -0.05) is 0 Å². The Balaban J connectivity index is 1.62. The van der Waals surface area contributed by atoms with E-state index in [2.05, 4.69) is 43.6 Å². The molecule has 0 amide bonds. The number of aromatic nitrogens is 3. The number of hydrogen-bond donors (Lipinski definition) is 1. The molecule has 0 saturated carbocycles. The van der Waals surface area contributed by atoms with Crippen LogP contribution in [0.15, 0.2) is 6.33 Å². The lowest BCUT2D eigenvalue weighted by Crippen LogP contribution is -2.44. The summed E-state index contributed by atoms with van der Waals surface area (Å²) in [6, 6.07) is 0.758. The molecule has 6 heteroatoms. The van der Waals surface area contributed by atoms with Gasteiger partial charge in [0.25, 0.3) is 0 Å². The summed E-state index contributed by atoms with van der Waals surface area (Å²) >= 11 is 4.24. The van der Waals surface area contributed by atoms with E-state index in [1.807, 2.05) is 0 Å². The van der Waals surface area contributed by atoms with E-state index >= 15 is 0 Å². The van der Waals surface area contributed by atoms with Crippen LogP contribution in [-0.2, 0) is 0 Å². The summed E-state index contributed by atoms with van der Waals surface area (Å²) in [7, 11) is 0. The van der Waals surface area contributed by atoms with Crippen molar-refractivity contribution in [2.24, 2.45) is 0 Å². The number of rotatable bonds is 2. The summed E-state index contributed by atoms with van der Waals surface area (Å²) in [5, 5.41) is 7.03. The van der Waals surface area contributed by atoms with Gasteiger partial charge in [0.15, 0.2) is 0 Å². The molecule has 2 saturated heterocycles. The first kappa shape index (κ1) is 12.8. The lowest BCUT2D eigenvalue weighted by atomic mass is 9.96. The van der Waals surface area contributed by atoms with Gasteiger partial charge in [0, 0.05) is 41.5 Å². The molecule has 1 atom stereocenters. The fourth-order valence-corrected chi connectivity index (χ4v) is 5.42. The highest BCUT2D eigenvalue weighted by atomic mass is 32.2. The lowest BCUT2D eigenvalue weighted by Gasteiger charge is -2.37. The molecule has 1 aromatic heterocycles. The van der Waals surface area contributed by atoms with E-state index in [0.29, 0.717) is 5.92 Å². The zero-order chi connectivity index (χ0) is 12.2. The predicted octanol–water partition coefficient (Wildman–Crippen LogP) is 1.83. The molecule has 0 bridgehead atoms. The molecule has 2 aliphatic rings. The van der Waals surface area contributed by atoms with E-state index in [0.717, 1.165) is 18.4 Å². The maximum Gasteiger partial charge on any atom is 0.137 e. The smallest absolute Gasteiger partial charge is 0.137 e. The Morgan fingerprint density at radius 2 is 2.11 bits per heavy atom. The summed E-state index contributed by atoms with van der Waals surface area (Å²) < 4.78 is 0. The van der Waals surface area contributed by atoms with Crippen molar-refractivity contribution in [2.75, 3.05) is 36.1 Å². The van der Waals surface area contributed by atoms with E-state index in [1.165, 1.54) is 42.4 Å². The zero-order valence-corrected chi connectivity index (χ0v) is 12.2. The van der Waals surface area contributed by atoms with Crippen LogP contribution in [-0.4, -0.2) is 62.2 Å². The van der Waals surface area contributed by atoms with Gasteiger partial charge in [-0.25, -0.2) is 4.98 Å². The largest absolute Gasteiger partial charge is 0.298 e. The molecule has 4 nitrogen and oxygen atoms in total. The number of thioether (sulfide) groups is 2. The zero-order valence-electron chi connectivity index (χ0n) is 10.5. The molecule has 3 rings (SSSR count). The summed E-state index contributed by atoms with van der Waals surface area (Å²) in [5.41, 5.74) is 0. The number of likely N-dealkylation sites (tertiary alicyclic amines) is 1. The molecule has 3 heterocycles. The highest BCUT2D eigenvalue weighted by molar-refractivity contribution is 8.03. The SMILES string of the molecule is c1n[nH]c([C@H]2CCCN(C3CSCCSC3)C2)n1. The standard InChI is InChI=1S/C12H20N4S2/c1-2-10(12-13-9-14-15-12)6-16(3-1)11-7-17-4-5-18-8-11/h9-11H,1-8H2,(H,13,14,15)/t10-/m0/s1. The normalized spacial score (nSPS) is 28.1. The molecular weight excluding hydrogens is 264 g/mol. The summed E-state index contributed by atoms with van der Waals surface area (Å²) in [5.74, 6) is 6.88. The third-order valence-corrected chi connectivity index (χ3v) is 6.27. The Bertz CT molecular complexity index is 349. The maximum absolute atomic E-state index is 4.33. The molecule has 2 fully saturated rings. The third-order valence-electron chi connectivity index (χ3n) is 3.78. The van der Waals surface area contributed by atoms with Gasteiger partial charge in [-0.2, -0.15) is 28.6 Å². The van der Waals surface area contributed by atoms with Gasteiger partial charge in [-0.05, 0) is 19.4 Å². The van der Waals surface area contributed by atoms with Gasteiger partial charge in [0.1, 0.15) is 12.2 Å². The minimum atomic E-state index is 0.555. The van der Waals surface area contributed by atoms with Gasteiger partial charge in [-0.3, -0.25) is 10.00 Å². The van der Waals surface area contributed by atoms with Crippen molar-refractivity contribution in [1.29, 1.82) is 0 Å². The second-order valence-electron chi connectivity index (χ2n) is 5.01. The molecule has 1 N–H and O–H groups in total. The molecular formula is C12H20N4S2. The first-order valence-corrected chi connectivity index (χ1v) is 8.99. The molecule has 0 aromatic carbocycles. The summed E-state index contributed by atoms with van der Waals surface area (Å²) in [6.07, 6.45) is 4.17. The quantitative estimate of drug-likeness (QED) is 0.898. The van der Waals surface area contributed by atoms with Crippen molar-refractivity contribution in [3.63, 3.8) is 0 Å². The molecule has 2 aliphatic heterocycles. The average molecular weight is 284 g/mol. The third kappa shape index (κ3) is 3.03. The second kappa shape index (κ2) is 6.30. The molecule has 1 aromatic rings. The van der Waals surface area contributed by atoms with Crippen LogP contribution in [0.25, 0.3) is 0 Å². The number of hydrogen-bond acceptors (Lipinski definition) is 5. The number of H-pyrrole nitrogens is 1. The van der Waals surface area contributed by atoms with Crippen molar-refractivity contribution in [2.45, 2.75) is 24.8 Å². The van der Waals surface area contributed by atoms with Crippen LogP contribution in [0.5, 0.6) is 0 Å². The first-order chi connectivity index (χ1) is 8.93. The van der Waals surface area contributed by atoms with Crippen molar-refractivity contribution in [3.05, 3.63) is 12.2 Å². The van der Waals surface area contributed by atoms with Gasteiger partial charge < -0.3 is 0 Å². The van der Waals surface area contributed by atoms with Gasteiger partial charge >= 0.3 is 0 Å². The van der Waals surface area contributed by atoms with Crippen molar-refractivity contribution >= 4 is 23.5 Å². The predicted molar refractivity (Wildman–Crippen MR) is 78.4 cm³/mol. The Labute approximate surface area is 117 Å². The minimum absolute atomic E-state index is 0.555. The Hall–Kier alpha value is -0.200. The number of aromatic amines is 1. The monoisotopic (exact) mass is 284 g/mol. The Morgan fingerprint density at radius 3 is 2.83 bits per heavy atom. The van der Waals surface area contributed by atoms with Crippen molar-refractivity contribution < 1.29 is 0 Å². The number of nitrogens with one attached hydrogen (secondary N) is 1. The van der Waals surface area contributed by atoms with Gasteiger partial charge in [0.05, 0.1) is 0 Å². The van der Waals surface area contributed by atoms with E-state index in [4.69, 9.17) is 0 Å². The van der Waals surface area contributed by atoms with Crippen LogP contribution in [0.3, 0.4) is 0 Å². The van der Waals surface area contributed by atoms with E-state index < -0.39 is 0 Å². The van der Waals surface area contributed by atoms with Crippen molar-refractivity contribution in [3.8, 4) is 0 Å². The molecule has 18 heavy (non-hydrogen) atoms. The summed E-state index contributed by atoms with van der Waals surface area (Å²) in [6.45, 7) is 2.41. The molecule has 0 radical (unpaired) electrons. The van der Waals surface area contributed by atoms with Crippen LogP contribution in [0.2, 0.25) is 0 Å². The van der Waals surface area contributed by atoms with Crippen LogP contribution in [0.4, 0.5) is 0 Å². The van der Waals surface area contributed by atoms with E-state index in [9.17, 15) is 0 Å². The van der Waals surface area contributed by atoms with Crippen LogP contribution >= 0.6 is 23.5 Å². The second-order valence-corrected chi connectivity index (χ2v) is 7.31. The van der Waals surface area contributed by atoms with Crippen LogP contribution < -0.4 is 0 Å². The van der Waals surface area contributed by atoms with E-state index in [1.54, 1.807) is 6.33 Å². The molecule has 0 spiro atoms. The van der Waals surface area contributed by atoms with Crippen molar-refractivity contribution in [1.82, 2.24) is 20.1 Å². The minimum Gasteiger partial charge on any atom is -0.298 e. The Morgan fingerprint density at radius 1 is 1.28 bits per heavy atom. The molecule has 0 unspecified atom stereocenters. The lowest BCUT2D eigenvalue weighted by molar-refractivity contribution is 0.170. The fourth-order valence-electron chi connectivity index (χ4n) is 2.79. The average Bonchev–Trinajstić information content (AvgIpc) is 2.82. The van der Waals surface area contributed by atoms with Crippen LogP contribution in [0.1, 0.15) is 24.6 Å². The summed E-state index contributed by atoms with van der Waals surface area (Å²) in [4.78, 5) is 7.02. The number of piperidine rings is 1. The van der Waals surface area contributed by atoms with Gasteiger partial charge in [-0.15, -0.1) is 0 Å². The topological polar surface area (TPSA) is 44.8 Å². The maximum atomic E-state index is 4.33. The van der Waals surface area contributed by atoms with E-state index in [-0.39, 0.29) is 0 Å². The van der Waals surface area contributed by atoms with Gasteiger partial charge in [0.2, 0.25) is 0 Å². The van der Waals surface area contributed by atoms with Crippen LogP contribution in [0, 0.1) is 0 Å².